The number of rotatable bonds is 5. The van der Waals surface area contributed by atoms with E-state index in [1.54, 1.807) is 6.92 Å². The van der Waals surface area contributed by atoms with Crippen molar-refractivity contribution in [2.75, 3.05) is 0 Å². The van der Waals surface area contributed by atoms with Gasteiger partial charge in [0, 0.05) is 17.7 Å². The Kier molecular flexibility index (Phi) is 4.40. The van der Waals surface area contributed by atoms with E-state index >= 15 is 0 Å². The molecule has 0 aliphatic heterocycles. The van der Waals surface area contributed by atoms with Crippen LogP contribution in [0.5, 0.6) is 0 Å². The predicted molar refractivity (Wildman–Crippen MR) is 97.0 cm³/mol. The molecule has 0 spiro atoms. The summed E-state index contributed by atoms with van der Waals surface area (Å²) in [5.74, 6) is 1.11. The van der Waals surface area contributed by atoms with Crippen molar-refractivity contribution in [1.29, 1.82) is 0 Å². The Morgan fingerprint density at radius 2 is 1.78 bits per heavy atom. The fraction of sp³-hybridized carbons (Fsp3) is 0.600. The number of nitrogens with one attached hydrogen (secondary N) is 1. The van der Waals surface area contributed by atoms with Crippen LogP contribution in [0.1, 0.15) is 55.8 Å². The third-order valence-electron chi connectivity index (χ3n) is 6.37. The molecule has 0 saturated heterocycles. The molecule has 5 rings (SSSR count). The molecule has 4 aliphatic rings. The van der Waals surface area contributed by atoms with Gasteiger partial charge in [0.05, 0.1) is 10.5 Å². The Morgan fingerprint density at radius 1 is 1.19 bits per heavy atom. The van der Waals surface area contributed by atoms with Gasteiger partial charge in [-0.25, -0.2) is 4.79 Å². The van der Waals surface area contributed by atoms with Gasteiger partial charge < -0.3 is 10.1 Å². The second-order valence-electron chi connectivity index (χ2n) is 8.54. The van der Waals surface area contributed by atoms with Gasteiger partial charge in [-0.15, -0.1) is 0 Å². The first-order valence-corrected chi connectivity index (χ1v) is 9.61. The number of carbonyl (C=O) groups excluding carboxylic acids is 2. The van der Waals surface area contributed by atoms with Crippen molar-refractivity contribution in [3.63, 3.8) is 0 Å². The summed E-state index contributed by atoms with van der Waals surface area (Å²) in [5, 5.41) is 14.0. The van der Waals surface area contributed by atoms with Crippen LogP contribution in [0.25, 0.3) is 0 Å². The summed E-state index contributed by atoms with van der Waals surface area (Å²) in [7, 11) is 0. The highest BCUT2D eigenvalue weighted by atomic mass is 16.6. The highest BCUT2D eigenvalue weighted by molar-refractivity contribution is 5.92. The van der Waals surface area contributed by atoms with Gasteiger partial charge in [0.25, 0.3) is 11.6 Å². The molecule has 4 aliphatic carbocycles. The summed E-state index contributed by atoms with van der Waals surface area (Å²) in [6.45, 7) is 1.55. The molecule has 4 bridgehead atoms. The van der Waals surface area contributed by atoms with Gasteiger partial charge in [0.1, 0.15) is 0 Å². The molecule has 1 aromatic carbocycles. The molecule has 0 unspecified atom stereocenters. The van der Waals surface area contributed by atoms with Gasteiger partial charge in [0.15, 0.2) is 6.10 Å². The normalized spacial score (nSPS) is 32.0. The number of hydrogen-bond donors (Lipinski definition) is 1. The summed E-state index contributed by atoms with van der Waals surface area (Å²) in [5.41, 5.74) is -0.258. The monoisotopic (exact) mass is 372 g/mol. The fourth-order valence-electron chi connectivity index (χ4n) is 5.66. The Balaban J connectivity index is 1.39. The van der Waals surface area contributed by atoms with Crippen molar-refractivity contribution in [2.24, 2.45) is 17.8 Å². The number of amides is 1. The minimum atomic E-state index is -0.940. The number of benzene rings is 1. The topological polar surface area (TPSA) is 98.5 Å². The zero-order valence-electron chi connectivity index (χ0n) is 15.3. The Labute approximate surface area is 157 Å². The van der Waals surface area contributed by atoms with Crippen molar-refractivity contribution in [3.8, 4) is 0 Å². The van der Waals surface area contributed by atoms with Crippen molar-refractivity contribution in [1.82, 2.24) is 5.32 Å². The SMILES string of the molecule is C[C@@H](OC(=O)c1cccc([N+](=O)[O-])c1)C(=O)NC12CC3CC(CC(C3)C1)C2. The zero-order valence-corrected chi connectivity index (χ0v) is 15.3. The maximum atomic E-state index is 12.7. The summed E-state index contributed by atoms with van der Waals surface area (Å²) >= 11 is 0. The Bertz CT molecular complexity index is 755. The zero-order chi connectivity index (χ0) is 19.2. The molecule has 1 amide bonds. The van der Waals surface area contributed by atoms with Gasteiger partial charge in [-0.3, -0.25) is 14.9 Å². The smallest absolute Gasteiger partial charge is 0.339 e. The summed E-state index contributed by atoms with van der Waals surface area (Å²) in [4.78, 5) is 35.2. The third-order valence-corrected chi connectivity index (χ3v) is 6.37. The second-order valence-corrected chi connectivity index (χ2v) is 8.54. The van der Waals surface area contributed by atoms with E-state index in [1.165, 1.54) is 37.5 Å². The molecule has 0 radical (unpaired) electrons. The highest BCUT2D eigenvalue weighted by Crippen LogP contribution is 2.55. The molecule has 4 fully saturated rings. The van der Waals surface area contributed by atoms with E-state index in [2.05, 4.69) is 5.32 Å². The molecule has 7 heteroatoms. The van der Waals surface area contributed by atoms with Gasteiger partial charge in [-0.1, -0.05) is 6.07 Å². The largest absolute Gasteiger partial charge is 0.449 e. The van der Waals surface area contributed by atoms with Crippen LogP contribution in [0.2, 0.25) is 0 Å². The lowest BCUT2D eigenvalue weighted by Crippen LogP contribution is -2.61. The first-order valence-electron chi connectivity index (χ1n) is 9.61. The first kappa shape index (κ1) is 17.9. The maximum Gasteiger partial charge on any atom is 0.339 e. The van der Waals surface area contributed by atoms with Crippen LogP contribution in [-0.2, 0) is 9.53 Å². The first-order chi connectivity index (χ1) is 12.8. The summed E-state index contributed by atoms with van der Waals surface area (Å²) in [6, 6.07) is 5.33. The molecule has 4 saturated carbocycles. The quantitative estimate of drug-likeness (QED) is 0.486. The van der Waals surface area contributed by atoms with Crippen LogP contribution < -0.4 is 5.32 Å². The molecule has 144 valence electrons. The molecule has 0 heterocycles. The van der Waals surface area contributed by atoms with Gasteiger partial charge in [0.2, 0.25) is 0 Å². The molecule has 1 N–H and O–H groups in total. The van der Waals surface area contributed by atoms with E-state index in [-0.39, 0.29) is 22.7 Å². The number of ether oxygens (including phenoxy) is 1. The van der Waals surface area contributed by atoms with Crippen molar-refractivity contribution < 1.29 is 19.2 Å². The molecular formula is C20H24N2O5. The molecule has 1 aromatic rings. The number of nitro groups is 1. The van der Waals surface area contributed by atoms with Crippen LogP contribution in [-0.4, -0.2) is 28.4 Å². The van der Waals surface area contributed by atoms with Gasteiger partial charge in [-0.05, 0) is 69.3 Å². The number of non-ortho nitro benzene ring substituents is 1. The predicted octanol–water partition coefficient (Wildman–Crippen LogP) is 3.23. The maximum absolute atomic E-state index is 12.7. The molecule has 0 aromatic heterocycles. The van der Waals surface area contributed by atoms with E-state index in [9.17, 15) is 19.7 Å². The summed E-state index contributed by atoms with van der Waals surface area (Å²) in [6.07, 6.45) is 5.98. The van der Waals surface area contributed by atoms with Crippen LogP contribution in [0.3, 0.4) is 0 Å². The van der Waals surface area contributed by atoms with Crippen LogP contribution >= 0.6 is 0 Å². The molecule has 7 nitrogen and oxygen atoms in total. The number of nitrogens with zero attached hydrogens (tertiary/aromatic N) is 1. The average molecular weight is 372 g/mol. The van der Waals surface area contributed by atoms with Gasteiger partial charge >= 0.3 is 5.97 Å². The Hall–Kier alpha value is -2.44. The third kappa shape index (κ3) is 3.55. The van der Waals surface area contributed by atoms with Crippen molar-refractivity contribution >= 4 is 17.6 Å². The van der Waals surface area contributed by atoms with E-state index in [1.807, 2.05) is 0 Å². The highest BCUT2D eigenvalue weighted by Gasteiger charge is 2.51. The minimum Gasteiger partial charge on any atom is -0.449 e. The van der Waals surface area contributed by atoms with Crippen molar-refractivity contribution in [3.05, 3.63) is 39.9 Å². The Morgan fingerprint density at radius 3 is 2.33 bits per heavy atom. The average Bonchev–Trinajstić information content (AvgIpc) is 2.60. The van der Waals surface area contributed by atoms with E-state index < -0.39 is 17.0 Å². The standard InChI is InChI=1S/C20H24N2O5/c1-12(27-19(24)16-3-2-4-17(8-16)22(25)26)18(23)21-20-9-13-5-14(10-20)7-15(6-13)11-20/h2-4,8,12-15H,5-7,9-11H2,1H3,(H,21,23)/t12-,13?,14?,15?,20?/m1/s1. The van der Waals surface area contributed by atoms with E-state index in [0.29, 0.717) is 17.8 Å². The number of carbonyl (C=O) groups is 2. The van der Waals surface area contributed by atoms with Crippen LogP contribution in [0.4, 0.5) is 5.69 Å². The fourth-order valence-corrected chi connectivity index (χ4v) is 5.66. The van der Waals surface area contributed by atoms with E-state index in [4.69, 9.17) is 4.74 Å². The number of hydrogen-bond acceptors (Lipinski definition) is 5. The molecular weight excluding hydrogens is 348 g/mol. The van der Waals surface area contributed by atoms with Crippen LogP contribution in [0.15, 0.2) is 24.3 Å². The number of nitro benzene ring substituents is 1. The lowest BCUT2D eigenvalue weighted by atomic mass is 9.53. The van der Waals surface area contributed by atoms with Gasteiger partial charge in [-0.2, -0.15) is 0 Å². The minimum absolute atomic E-state index is 0.0682. The number of esters is 1. The lowest BCUT2D eigenvalue weighted by Gasteiger charge is -2.57. The van der Waals surface area contributed by atoms with Crippen LogP contribution in [0, 0.1) is 27.9 Å². The second kappa shape index (κ2) is 6.62. The molecule has 27 heavy (non-hydrogen) atoms. The van der Waals surface area contributed by atoms with E-state index in [0.717, 1.165) is 25.3 Å². The van der Waals surface area contributed by atoms with Crippen molar-refractivity contribution in [2.45, 2.75) is 57.1 Å². The lowest BCUT2D eigenvalue weighted by molar-refractivity contribution is -0.384. The molecule has 1 atom stereocenters. The summed E-state index contributed by atoms with van der Waals surface area (Å²) < 4.78 is 5.27.